The molecule has 0 aliphatic rings. The molecule has 9 heteroatoms. The fourth-order valence-corrected chi connectivity index (χ4v) is 13.7. The third-order valence-corrected chi connectivity index (χ3v) is 20.2. The van der Waals surface area contributed by atoms with Gasteiger partial charge in [-0.05, 0) is 19.3 Å². The number of allylic oxidation sites excluding steroid dienone is 1. The second kappa shape index (κ2) is 71.5. The number of hydrogen-bond donors (Lipinski definition) is 3. The van der Waals surface area contributed by atoms with Gasteiger partial charge in [0.1, 0.15) is 13.2 Å². The van der Waals surface area contributed by atoms with Crippen LogP contribution >= 0.6 is 7.82 Å². The summed E-state index contributed by atoms with van der Waals surface area (Å²) in [5.41, 5.74) is 0. The Hall–Kier alpha value is -0.760. The number of nitrogens with one attached hydrogen (secondary N) is 1. The number of unbranched alkanes of at least 4 members (excludes halogenated alkanes) is 64. The highest BCUT2D eigenvalue weighted by Crippen LogP contribution is 2.43. The van der Waals surface area contributed by atoms with Gasteiger partial charge in [-0.3, -0.25) is 13.8 Å². The maximum Gasteiger partial charge on any atom is 0.472 e. The van der Waals surface area contributed by atoms with E-state index in [0.717, 1.165) is 32.1 Å². The number of amides is 1. The Morgan fingerprint density at radius 3 is 0.831 bits per heavy atom. The van der Waals surface area contributed by atoms with E-state index < -0.39 is 20.0 Å². The number of aliphatic hydroxyl groups excluding tert-OH is 1. The van der Waals surface area contributed by atoms with Crippen molar-refractivity contribution in [2.75, 3.05) is 40.9 Å². The summed E-state index contributed by atoms with van der Waals surface area (Å²) in [4.78, 5) is 23.5. The molecule has 0 bridgehead atoms. The van der Waals surface area contributed by atoms with Gasteiger partial charge < -0.3 is 19.8 Å². The van der Waals surface area contributed by atoms with Crippen LogP contribution in [0.1, 0.15) is 444 Å². The molecule has 0 aromatic rings. The second-order valence-corrected chi connectivity index (χ2v) is 31.0. The first-order chi connectivity index (χ1) is 43.5. The van der Waals surface area contributed by atoms with E-state index in [1.807, 2.05) is 27.2 Å². The fourth-order valence-electron chi connectivity index (χ4n) is 13.0. The van der Waals surface area contributed by atoms with Gasteiger partial charge in [-0.1, -0.05) is 431 Å². The summed E-state index contributed by atoms with van der Waals surface area (Å²) in [5.74, 6) is -0.165. The average molecular weight is 1280 g/mol. The third kappa shape index (κ3) is 74.5. The van der Waals surface area contributed by atoms with Gasteiger partial charge in [-0.2, -0.15) is 0 Å². The van der Waals surface area contributed by atoms with Crippen molar-refractivity contribution in [1.29, 1.82) is 0 Å². The number of rotatable bonds is 77. The molecule has 89 heavy (non-hydrogen) atoms. The summed E-state index contributed by atoms with van der Waals surface area (Å²) in [6.45, 7) is 4.90. The molecule has 0 saturated carbocycles. The number of quaternary nitrogens is 1. The van der Waals surface area contributed by atoms with Crippen molar-refractivity contribution in [3.05, 3.63) is 12.2 Å². The predicted octanol–water partition coefficient (Wildman–Crippen LogP) is 26.4. The SMILES string of the molecule is CCCCCCCCCCCCCCCCCCCCCCCCCCCCCCCC/C=C/C(O)C(COP(=O)(O)OCC[N+](C)(C)C)NC(=O)CCCCCCCCCCCCCCCCCCCCCCCCCCCCCCCCCCCCC. The lowest BCUT2D eigenvalue weighted by Crippen LogP contribution is -2.45. The molecule has 0 heterocycles. The van der Waals surface area contributed by atoms with E-state index in [1.54, 1.807) is 6.08 Å². The highest BCUT2D eigenvalue weighted by atomic mass is 31.2. The number of phosphoric acid groups is 1. The highest BCUT2D eigenvalue weighted by molar-refractivity contribution is 7.47. The lowest BCUT2D eigenvalue weighted by molar-refractivity contribution is -0.870. The largest absolute Gasteiger partial charge is 0.472 e. The van der Waals surface area contributed by atoms with Gasteiger partial charge in [0.25, 0.3) is 0 Å². The van der Waals surface area contributed by atoms with Gasteiger partial charge >= 0.3 is 7.82 Å². The zero-order valence-corrected chi connectivity index (χ0v) is 62.1. The molecular weight excluding hydrogens is 1120 g/mol. The number of nitrogens with zero attached hydrogens (tertiary/aromatic N) is 1. The Morgan fingerprint density at radius 1 is 0.371 bits per heavy atom. The number of carbonyl (C=O) groups excluding carboxylic acids is 1. The zero-order valence-electron chi connectivity index (χ0n) is 61.2. The molecule has 0 radical (unpaired) electrons. The first-order valence-electron chi connectivity index (χ1n) is 40.6. The predicted molar refractivity (Wildman–Crippen MR) is 392 cm³/mol. The van der Waals surface area contributed by atoms with Crippen LogP contribution in [0.25, 0.3) is 0 Å². The average Bonchev–Trinajstić information content (AvgIpc) is 3.62. The van der Waals surface area contributed by atoms with Crippen LogP contribution in [-0.2, 0) is 18.4 Å². The monoisotopic (exact) mass is 1280 g/mol. The summed E-state index contributed by atoms with van der Waals surface area (Å²) in [6, 6.07) is -0.845. The molecular formula is C80H162N2O6P+. The molecule has 0 rings (SSSR count). The van der Waals surface area contributed by atoms with Crippen molar-refractivity contribution in [3.8, 4) is 0 Å². The minimum atomic E-state index is -4.35. The van der Waals surface area contributed by atoms with E-state index in [9.17, 15) is 19.4 Å². The first kappa shape index (κ1) is 88.2. The van der Waals surface area contributed by atoms with Crippen LogP contribution < -0.4 is 5.32 Å². The van der Waals surface area contributed by atoms with Crippen LogP contribution in [0.4, 0.5) is 0 Å². The van der Waals surface area contributed by atoms with E-state index in [0.29, 0.717) is 17.4 Å². The zero-order chi connectivity index (χ0) is 64.8. The molecule has 0 aromatic heterocycles. The molecule has 0 spiro atoms. The van der Waals surface area contributed by atoms with E-state index in [-0.39, 0.29) is 19.1 Å². The number of phosphoric ester groups is 1. The second-order valence-electron chi connectivity index (χ2n) is 29.5. The lowest BCUT2D eigenvalue weighted by atomic mass is 10.0. The molecule has 1 amide bonds. The standard InChI is InChI=1S/C80H161N2O6P/c1-6-8-10-12-14-16-18-20-22-24-26-28-30-32-34-36-38-40-41-42-44-46-48-50-52-54-56-58-60-62-64-66-68-70-72-74-80(84)81-78(77-88-89(85,86)87-76-75-82(3,4)5)79(83)73-71-69-67-65-63-61-59-57-55-53-51-49-47-45-43-39-37-35-33-31-29-27-25-23-21-19-17-15-13-11-9-7-2/h71,73,78-79,83H,6-70,72,74-77H2,1-5H3,(H-,81,84,85,86)/p+1/b73-71+. The normalized spacial score (nSPS) is 13.5. The smallest absolute Gasteiger partial charge is 0.387 e. The summed E-state index contributed by atoms with van der Waals surface area (Å²) < 4.78 is 23.9. The Bertz CT molecular complexity index is 1460. The lowest BCUT2D eigenvalue weighted by Gasteiger charge is -2.25. The number of likely N-dealkylation sites (N-methyl/N-ethyl adjacent to an activating group) is 1. The summed E-state index contributed by atoms with van der Waals surface area (Å²) in [5, 5.41) is 14.1. The Balaban J connectivity index is 3.92. The molecule has 532 valence electrons. The van der Waals surface area contributed by atoms with E-state index in [4.69, 9.17) is 9.05 Å². The van der Waals surface area contributed by atoms with Crippen LogP contribution in [0.5, 0.6) is 0 Å². The summed E-state index contributed by atoms with van der Waals surface area (Å²) in [6.07, 6.45) is 94.2. The van der Waals surface area contributed by atoms with Gasteiger partial charge in [-0.15, -0.1) is 0 Å². The van der Waals surface area contributed by atoms with Crippen LogP contribution in [0, 0.1) is 0 Å². The maximum absolute atomic E-state index is 13.1. The topological polar surface area (TPSA) is 105 Å². The number of carbonyl (C=O) groups is 1. The Labute approximate surface area is 558 Å². The van der Waals surface area contributed by atoms with Crippen molar-refractivity contribution in [2.24, 2.45) is 0 Å². The maximum atomic E-state index is 13.1. The molecule has 0 aliphatic carbocycles. The van der Waals surface area contributed by atoms with Crippen LogP contribution in [0.3, 0.4) is 0 Å². The van der Waals surface area contributed by atoms with Crippen LogP contribution in [0.2, 0.25) is 0 Å². The Kier molecular flexibility index (Phi) is 70.9. The van der Waals surface area contributed by atoms with Gasteiger partial charge in [0.15, 0.2) is 0 Å². The third-order valence-electron chi connectivity index (χ3n) is 19.3. The molecule has 8 nitrogen and oxygen atoms in total. The van der Waals surface area contributed by atoms with Crippen molar-refractivity contribution in [1.82, 2.24) is 5.32 Å². The molecule has 3 atom stereocenters. The van der Waals surface area contributed by atoms with Gasteiger partial charge in [0.05, 0.1) is 39.9 Å². The van der Waals surface area contributed by atoms with Crippen molar-refractivity contribution in [2.45, 2.75) is 456 Å². The fraction of sp³-hybridized carbons (Fsp3) is 0.963. The number of hydrogen-bond acceptors (Lipinski definition) is 5. The van der Waals surface area contributed by atoms with Crippen LogP contribution in [-0.4, -0.2) is 73.4 Å². The molecule has 3 N–H and O–H groups in total. The number of aliphatic hydroxyl groups is 1. The molecule has 0 aromatic carbocycles. The van der Waals surface area contributed by atoms with Crippen LogP contribution in [0.15, 0.2) is 12.2 Å². The highest BCUT2D eigenvalue weighted by Gasteiger charge is 2.28. The first-order valence-corrected chi connectivity index (χ1v) is 42.1. The van der Waals surface area contributed by atoms with Gasteiger partial charge in [-0.25, -0.2) is 4.57 Å². The molecule has 0 saturated heterocycles. The van der Waals surface area contributed by atoms with Gasteiger partial charge in [0.2, 0.25) is 5.91 Å². The van der Waals surface area contributed by atoms with Crippen molar-refractivity contribution >= 4 is 13.7 Å². The quantitative estimate of drug-likeness (QED) is 0.0243. The molecule has 0 fully saturated rings. The minimum absolute atomic E-state index is 0.0657. The van der Waals surface area contributed by atoms with E-state index in [2.05, 4.69) is 19.2 Å². The van der Waals surface area contributed by atoms with Gasteiger partial charge in [0, 0.05) is 6.42 Å². The van der Waals surface area contributed by atoms with Crippen molar-refractivity contribution < 1.29 is 32.9 Å². The van der Waals surface area contributed by atoms with Crippen molar-refractivity contribution in [3.63, 3.8) is 0 Å². The van der Waals surface area contributed by atoms with E-state index in [1.165, 1.54) is 392 Å². The Morgan fingerprint density at radius 2 is 0.596 bits per heavy atom. The van der Waals surface area contributed by atoms with E-state index >= 15 is 0 Å². The minimum Gasteiger partial charge on any atom is -0.387 e. The summed E-state index contributed by atoms with van der Waals surface area (Å²) in [7, 11) is 1.60. The summed E-state index contributed by atoms with van der Waals surface area (Å²) >= 11 is 0. The molecule has 0 aliphatic heterocycles. The molecule has 3 unspecified atom stereocenters.